The van der Waals surface area contributed by atoms with Crippen LogP contribution in [0.15, 0.2) is 52.3 Å². The number of hydrogen-bond donors (Lipinski definition) is 1. The molecule has 0 aliphatic carbocycles. The maximum absolute atomic E-state index is 11.9. The zero-order valence-corrected chi connectivity index (χ0v) is 16.6. The summed E-state index contributed by atoms with van der Waals surface area (Å²) in [4.78, 5) is 1.26. The molecule has 2 aromatic carbocycles. The van der Waals surface area contributed by atoms with Crippen molar-refractivity contribution >= 4 is 37.1 Å². The Hall–Kier alpha value is -1.81. The molecule has 0 unspecified atom stereocenters. The van der Waals surface area contributed by atoms with Gasteiger partial charge >= 0.3 is 0 Å². The van der Waals surface area contributed by atoms with E-state index in [1.807, 2.05) is 0 Å². The Morgan fingerprint density at radius 2 is 1.69 bits per heavy atom. The van der Waals surface area contributed by atoms with E-state index in [1.54, 1.807) is 36.2 Å². The van der Waals surface area contributed by atoms with E-state index < -0.39 is 19.9 Å². The second-order valence-corrected chi connectivity index (χ2v) is 9.65. The van der Waals surface area contributed by atoms with Gasteiger partial charge in [-0.2, -0.15) is 0 Å². The second-order valence-electron chi connectivity index (χ2n) is 5.67. The number of rotatable bonds is 7. The summed E-state index contributed by atoms with van der Waals surface area (Å²) in [5.41, 5.74) is 0.291. The van der Waals surface area contributed by atoms with Crippen LogP contribution in [0.25, 0.3) is 0 Å². The monoisotopic (exact) mass is 418 g/mol. The number of hydrogen-bond acceptors (Lipinski definition) is 6. The predicted molar refractivity (Wildman–Crippen MR) is 101 cm³/mol. The van der Waals surface area contributed by atoms with E-state index >= 15 is 0 Å². The molecule has 10 heteroatoms. The molecule has 2 rings (SSSR count). The molecule has 7 nitrogen and oxygen atoms in total. The van der Waals surface area contributed by atoms with Gasteiger partial charge in [-0.1, -0.05) is 11.6 Å². The molecule has 0 bridgehead atoms. The number of nitrogens with two attached hydrogens (primary N) is 1. The van der Waals surface area contributed by atoms with Crippen molar-refractivity contribution in [3.8, 4) is 5.75 Å². The Balaban J connectivity index is 2.19. The van der Waals surface area contributed by atoms with E-state index in [0.717, 1.165) is 12.3 Å². The lowest BCUT2D eigenvalue weighted by Crippen LogP contribution is -2.27. The molecule has 142 valence electrons. The minimum absolute atomic E-state index is 0.115. The first-order valence-electron chi connectivity index (χ1n) is 7.45. The van der Waals surface area contributed by atoms with Gasteiger partial charge in [-0.25, -0.2) is 22.0 Å². The number of nitrogens with zero attached hydrogens (tertiary/aromatic N) is 1. The summed E-state index contributed by atoms with van der Waals surface area (Å²) < 4.78 is 52.7. The molecule has 26 heavy (non-hydrogen) atoms. The fraction of sp³-hybridized carbons (Fsp3) is 0.250. The van der Waals surface area contributed by atoms with E-state index in [0.29, 0.717) is 23.0 Å². The summed E-state index contributed by atoms with van der Waals surface area (Å²) in [6.45, 7) is 0.624. The van der Waals surface area contributed by atoms with Crippen LogP contribution in [0.5, 0.6) is 5.75 Å². The third-order valence-electron chi connectivity index (χ3n) is 3.59. The van der Waals surface area contributed by atoms with Crippen LogP contribution in [0.4, 0.5) is 5.69 Å². The molecular formula is C16H19ClN2O5S2. The van der Waals surface area contributed by atoms with Crippen LogP contribution in [-0.4, -0.2) is 43.3 Å². The lowest BCUT2D eigenvalue weighted by Gasteiger charge is -2.22. The molecule has 0 radical (unpaired) electrons. The van der Waals surface area contributed by atoms with Crippen LogP contribution in [-0.2, 0) is 19.9 Å². The van der Waals surface area contributed by atoms with Crippen molar-refractivity contribution in [3.05, 3.63) is 47.5 Å². The lowest BCUT2D eigenvalue weighted by molar-refractivity contribution is 0.326. The number of benzene rings is 2. The van der Waals surface area contributed by atoms with E-state index in [-0.39, 0.29) is 16.4 Å². The van der Waals surface area contributed by atoms with Crippen molar-refractivity contribution in [2.24, 2.45) is 5.14 Å². The first kappa shape index (κ1) is 20.5. The molecule has 0 heterocycles. The average molecular weight is 419 g/mol. The molecule has 2 aromatic rings. The zero-order valence-electron chi connectivity index (χ0n) is 14.2. The predicted octanol–water partition coefficient (Wildman–Crippen LogP) is 1.91. The van der Waals surface area contributed by atoms with E-state index in [1.165, 1.54) is 12.1 Å². The number of halogens is 1. The third kappa shape index (κ3) is 5.34. The number of likely N-dealkylation sites (N-methyl/N-ethyl adjacent to an activating group) is 1. The van der Waals surface area contributed by atoms with Gasteiger partial charge in [-0.3, -0.25) is 0 Å². The molecule has 2 N–H and O–H groups in total. The summed E-state index contributed by atoms with van der Waals surface area (Å²) in [5.74, 6) is 0.627. The minimum Gasteiger partial charge on any atom is -0.492 e. The largest absolute Gasteiger partial charge is 0.492 e. The molecule has 0 aliphatic heterocycles. The first-order valence-corrected chi connectivity index (χ1v) is 11.3. The van der Waals surface area contributed by atoms with Crippen molar-refractivity contribution < 1.29 is 21.6 Å². The smallest absolute Gasteiger partial charge is 0.240 e. The van der Waals surface area contributed by atoms with Crippen LogP contribution in [0, 0.1) is 0 Å². The molecule has 0 fully saturated rings. The van der Waals surface area contributed by atoms with Gasteiger partial charge in [0.25, 0.3) is 0 Å². The van der Waals surface area contributed by atoms with Crippen molar-refractivity contribution in [1.29, 1.82) is 0 Å². The highest BCUT2D eigenvalue weighted by molar-refractivity contribution is 7.91. The topological polar surface area (TPSA) is 107 Å². The molecule has 0 atom stereocenters. The molecule has 0 saturated heterocycles. The highest BCUT2D eigenvalue weighted by atomic mass is 35.5. The van der Waals surface area contributed by atoms with Crippen molar-refractivity contribution in [2.75, 3.05) is 31.4 Å². The Morgan fingerprint density at radius 1 is 1.08 bits per heavy atom. The van der Waals surface area contributed by atoms with Crippen molar-refractivity contribution in [2.45, 2.75) is 9.79 Å². The minimum atomic E-state index is -4.10. The van der Waals surface area contributed by atoms with Crippen LogP contribution in [0.2, 0.25) is 5.02 Å². The van der Waals surface area contributed by atoms with Gasteiger partial charge < -0.3 is 9.64 Å². The number of primary sulfonamides is 1. The summed E-state index contributed by atoms with van der Waals surface area (Å²) in [5, 5.41) is 5.84. The van der Waals surface area contributed by atoms with E-state index in [9.17, 15) is 16.8 Å². The standard InChI is InChI=1S/C16H19ClN2O5S2/c1-19(9-10-24-13-5-3-12(17)4-6-13)15-8-7-14(25(2,20)21)11-16(15)26(18,22)23/h3-8,11H,9-10H2,1-2H3,(H2,18,22,23). The summed E-state index contributed by atoms with van der Waals surface area (Å²) >= 11 is 5.81. The van der Waals surface area contributed by atoms with Gasteiger partial charge in [0.05, 0.1) is 17.1 Å². The maximum atomic E-state index is 11.9. The van der Waals surface area contributed by atoms with Gasteiger partial charge in [0.1, 0.15) is 17.3 Å². The van der Waals surface area contributed by atoms with E-state index in [4.69, 9.17) is 21.5 Å². The molecule has 0 aliphatic rings. The summed E-state index contributed by atoms with van der Waals surface area (Å²) in [7, 11) is -6.00. The zero-order chi connectivity index (χ0) is 19.5. The fourth-order valence-electron chi connectivity index (χ4n) is 2.22. The second kappa shape index (κ2) is 7.83. The Bertz CT molecular complexity index is 990. The normalized spacial score (nSPS) is 12.0. The van der Waals surface area contributed by atoms with Crippen molar-refractivity contribution in [1.82, 2.24) is 0 Å². The third-order valence-corrected chi connectivity index (χ3v) is 5.89. The molecule has 0 amide bonds. The summed E-state index contributed by atoms with van der Waals surface area (Å²) in [6, 6.07) is 10.7. The number of sulfonamides is 1. The van der Waals surface area contributed by atoms with E-state index in [2.05, 4.69) is 0 Å². The Kier molecular flexibility index (Phi) is 6.17. The van der Waals surface area contributed by atoms with Gasteiger partial charge in [0, 0.05) is 18.3 Å². The van der Waals surface area contributed by atoms with Crippen LogP contribution < -0.4 is 14.8 Å². The number of sulfone groups is 1. The fourth-order valence-corrected chi connectivity index (χ4v) is 3.87. The lowest BCUT2D eigenvalue weighted by atomic mass is 10.3. The van der Waals surface area contributed by atoms with Gasteiger partial charge in [0.2, 0.25) is 10.0 Å². The average Bonchev–Trinajstić information content (AvgIpc) is 2.54. The number of anilines is 1. The highest BCUT2D eigenvalue weighted by Crippen LogP contribution is 2.26. The summed E-state index contributed by atoms with van der Waals surface area (Å²) in [6.07, 6.45) is 0.999. The van der Waals surface area contributed by atoms with Gasteiger partial charge in [0.15, 0.2) is 9.84 Å². The molecule has 0 aromatic heterocycles. The van der Waals surface area contributed by atoms with Crippen molar-refractivity contribution in [3.63, 3.8) is 0 Å². The van der Waals surface area contributed by atoms with Gasteiger partial charge in [-0.15, -0.1) is 0 Å². The Labute approximate surface area is 158 Å². The quantitative estimate of drug-likeness (QED) is 0.735. The molecular weight excluding hydrogens is 400 g/mol. The van der Waals surface area contributed by atoms with Crippen LogP contribution in [0.1, 0.15) is 0 Å². The van der Waals surface area contributed by atoms with Crippen LogP contribution in [0.3, 0.4) is 0 Å². The van der Waals surface area contributed by atoms with Gasteiger partial charge in [-0.05, 0) is 42.5 Å². The highest BCUT2D eigenvalue weighted by Gasteiger charge is 2.20. The SMILES string of the molecule is CN(CCOc1ccc(Cl)cc1)c1ccc(S(C)(=O)=O)cc1S(N)(=O)=O. The molecule has 0 spiro atoms. The van der Waals surface area contributed by atoms with Crippen LogP contribution >= 0.6 is 11.6 Å². The Morgan fingerprint density at radius 3 is 2.23 bits per heavy atom. The first-order chi connectivity index (χ1) is 12.0. The maximum Gasteiger partial charge on any atom is 0.240 e. The number of ether oxygens (including phenoxy) is 1. The molecule has 0 saturated carbocycles.